The van der Waals surface area contributed by atoms with E-state index in [2.05, 4.69) is 0 Å². The van der Waals surface area contributed by atoms with Gasteiger partial charge in [-0.15, -0.1) is 0 Å². The molecule has 0 spiro atoms. The number of benzene rings is 1. The van der Waals surface area contributed by atoms with Gasteiger partial charge in [0.05, 0.1) is 13.2 Å². The van der Waals surface area contributed by atoms with Crippen LogP contribution in [0.2, 0.25) is 0 Å². The molecule has 0 unspecified atom stereocenters. The second kappa shape index (κ2) is 3.70. The van der Waals surface area contributed by atoms with E-state index in [9.17, 15) is 0 Å². The Morgan fingerprint density at radius 1 is 1.08 bits per heavy atom. The first-order valence-corrected chi connectivity index (χ1v) is 3.99. The highest BCUT2D eigenvalue weighted by atomic mass is 16.3. The summed E-state index contributed by atoms with van der Waals surface area (Å²) in [5.41, 5.74) is 3.99. The molecular formula is C10H14O2. The van der Waals surface area contributed by atoms with Gasteiger partial charge in [0.15, 0.2) is 0 Å². The Morgan fingerprint density at radius 3 is 2.25 bits per heavy atom. The SMILES string of the molecule is Cc1cc(CO)cc(CO)c1C. The molecule has 0 radical (unpaired) electrons. The average Bonchev–Trinajstić information content (AvgIpc) is 2.09. The lowest BCUT2D eigenvalue weighted by Crippen LogP contribution is -1.95. The largest absolute Gasteiger partial charge is 0.392 e. The molecule has 66 valence electrons. The van der Waals surface area contributed by atoms with Gasteiger partial charge in [0, 0.05) is 0 Å². The molecule has 0 aliphatic heterocycles. The minimum absolute atomic E-state index is 0.0358. The van der Waals surface area contributed by atoms with Crippen molar-refractivity contribution in [1.29, 1.82) is 0 Å². The smallest absolute Gasteiger partial charge is 0.0684 e. The molecule has 2 heteroatoms. The predicted molar refractivity (Wildman–Crippen MR) is 47.8 cm³/mol. The van der Waals surface area contributed by atoms with Crippen molar-refractivity contribution in [2.75, 3.05) is 0 Å². The van der Waals surface area contributed by atoms with Crippen LogP contribution in [0.1, 0.15) is 22.3 Å². The predicted octanol–water partition coefficient (Wildman–Crippen LogP) is 1.29. The van der Waals surface area contributed by atoms with Crippen molar-refractivity contribution >= 4 is 0 Å². The lowest BCUT2D eigenvalue weighted by atomic mass is 10.0. The normalized spacial score (nSPS) is 10.3. The number of aryl methyl sites for hydroxylation is 1. The number of aliphatic hydroxyl groups excluding tert-OH is 2. The summed E-state index contributed by atoms with van der Waals surface area (Å²) in [6, 6.07) is 3.77. The van der Waals surface area contributed by atoms with Gasteiger partial charge in [-0.3, -0.25) is 0 Å². The van der Waals surface area contributed by atoms with Crippen LogP contribution in [0.5, 0.6) is 0 Å². The molecule has 2 N–H and O–H groups in total. The Kier molecular flexibility index (Phi) is 2.84. The summed E-state index contributed by atoms with van der Waals surface area (Å²) >= 11 is 0. The van der Waals surface area contributed by atoms with Crippen molar-refractivity contribution in [3.63, 3.8) is 0 Å². The molecule has 0 aliphatic rings. The van der Waals surface area contributed by atoms with Gasteiger partial charge < -0.3 is 10.2 Å². The summed E-state index contributed by atoms with van der Waals surface area (Å²) in [5, 5.41) is 17.9. The average molecular weight is 166 g/mol. The second-order valence-electron chi connectivity index (χ2n) is 3.01. The maximum Gasteiger partial charge on any atom is 0.0684 e. The molecular weight excluding hydrogens is 152 g/mol. The Balaban J connectivity index is 3.19. The molecule has 0 saturated carbocycles. The van der Waals surface area contributed by atoms with Crippen LogP contribution in [-0.2, 0) is 13.2 Å². The fraction of sp³-hybridized carbons (Fsp3) is 0.400. The second-order valence-corrected chi connectivity index (χ2v) is 3.01. The maximum absolute atomic E-state index is 8.98. The van der Waals surface area contributed by atoms with Crippen LogP contribution in [0.15, 0.2) is 12.1 Å². The van der Waals surface area contributed by atoms with Crippen LogP contribution in [-0.4, -0.2) is 10.2 Å². The Bertz CT molecular complexity index is 279. The van der Waals surface area contributed by atoms with Crippen molar-refractivity contribution in [2.24, 2.45) is 0 Å². The van der Waals surface area contributed by atoms with Crippen molar-refractivity contribution in [2.45, 2.75) is 27.1 Å². The molecule has 1 rings (SSSR count). The van der Waals surface area contributed by atoms with Crippen molar-refractivity contribution < 1.29 is 10.2 Å². The molecule has 0 bridgehead atoms. The summed E-state index contributed by atoms with van der Waals surface area (Å²) < 4.78 is 0. The summed E-state index contributed by atoms with van der Waals surface area (Å²) in [5.74, 6) is 0. The minimum atomic E-state index is 0.0358. The quantitative estimate of drug-likeness (QED) is 0.695. The standard InChI is InChI=1S/C10H14O2/c1-7-3-9(5-11)4-10(6-12)8(7)2/h3-4,11-12H,5-6H2,1-2H3. The van der Waals surface area contributed by atoms with E-state index in [1.807, 2.05) is 26.0 Å². The van der Waals surface area contributed by atoms with Crippen LogP contribution in [0.25, 0.3) is 0 Å². The van der Waals surface area contributed by atoms with Crippen molar-refractivity contribution in [1.82, 2.24) is 0 Å². The summed E-state index contributed by atoms with van der Waals surface area (Å²) in [4.78, 5) is 0. The third-order valence-electron chi connectivity index (χ3n) is 2.19. The Labute approximate surface area is 72.5 Å². The third kappa shape index (κ3) is 1.65. The lowest BCUT2D eigenvalue weighted by molar-refractivity contribution is 0.274. The first-order chi connectivity index (χ1) is 5.69. The molecule has 12 heavy (non-hydrogen) atoms. The van der Waals surface area contributed by atoms with Crippen molar-refractivity contribution in [3.05, 3.63) is 34.4 Å². The van der Waals surface area contributed by atoms with Gasteiger partial charge in [-0.25, -0.2) is 0 Å². The van der Waals surface area contributed by atoms with E-state index in [0.29, 0.717) is 0 Å². The molecule has 0 aromatic heterocycles. The molecule has 0 fully saturated rings. The van der Waals surface area contributed by atoms with Crippen LogP contribution < -0.4 is 0 Å². The van der Waals surface area contributed by atoms with E-state index < -0.39 is 0 Å². The summed E-state index contributed by atoms with van der Waals surface area (Å²) in [6.45, 7) is 4.03. The molecule has 1 aromatic carbocycles. The van der Waals surface area contributed by atoms with E-state index in [-0.39, 0.29) is 13.2 Å². The van der Waals surface area contributed by atoms with Crippen LogP contribution >= 0.6 is 0 Å². The van der Waals surface area contributed by atoms with E-state index in [1.54, 1.807) is 0 Å². The van der Waals surface area contributed by atoms with E-state index in [0.717, 1.165) is 22.3 Å². The zero-order chi connectivity index (χ0) is 9.14. The third-order valence-corrected chi connectivity index (χ3v) is 2.19. The maximum atomic E-state index is 8.98. The summed E-state index contributed by atoms with van der Waals surface area (Å²) in [6.07, 6.45) is 0. The first-order valence-electron chi connectivity index (χ1n) is 3.99. The van der Waals surface area contributed by atoms with Gasteiger partial charge >= 0.3 is 0 Å². The topological polar surface area (TPSA) is 40.5 Å². The number of hydrogen-bond donors (Lipinski definition) is 2. The highest BCUT2D eigenvalue weighted by Gasteiger charge is 2.02. The van der Waals surface area contributed by atoms with Gasteiger partial charge in [-0.2, -0.15) is 0 Å². The van der Waals surface area contributed by atoms with Crippen LogP contribution in [0.3, 0.4) is 0 Å². The van der Waals surface area contributed by atoms with Gasteiger partial charge in [0.2, 0.25) is 0 Å². The molecule has 0 saturated heterocycles. The van der Waals surface area contributed by atoms with Gasteiger partial charge in [-0.1, -0.05) is 12.1 Å². The molecule has 2 nitrogen and oxygen atoms in total. The number of hydrogen-bond acceptors (Lipinski definition) is 2. The fourth-order valence-corrected chi connectivity index (χ4v) is 1.27. The molecule has 0 amide bonds. The Hall–Kier alpha value is -0.860. The molecule has 0 atom stereocenters. The van der Waals surface area contributed by atoms with Crippen LogP contribution in [0.4, 0.5) is 0 Å². The van der Waals surface area contributed by atoms with E-state index in [1.165, 1.54) is 0 Å². The zero-order valence-electron chi connectivity index (χ0n) is 7.46. The highest BCUT2D eigenvalue weighted by Crippen LogP contribution is 2.16. The lowest BCUT2D eigenvalue weighted by Gasteiger charge is -2.08. The number of aliphatic hydroxyl groups is 2. The zero-order valence-corrected chi connectivity index (χ0v) is 7.46. The molecule has 0 heterocycles. The fourth-order valence-electron chi connectivity index (χ4n) is 1.27. The van der Waals surface area contributed by atoms with Crippen LogP contribution in [0, 0.1) is 13.8 Å². The minimum Gasteiger partial charge on any atom is -0.392 e. The van der Waals surface area contributed by atoms with E-state index >= 15 is 0 Å². The highest BCUT2D eigenvalue weighted by molar-refractivity contribution is 5.37. The van der Waals surface area contributed by atoms with Crippen molar-refractivity contribution in [3.8, 4) is 0 Å². The molecule has 1 aromatic rings. The first kappa shape index (κ1) is 9.23. The van der Waals surface area contributed by atoms with Gasteiger partial charge in [0.25, 0.3) is 0 Å². The van der Waals surface area contributed by atoms with E-state index in [4.69, 9.17) is 10.2 Å². The Morgan fingerprint density at radius 2 is 1.75 bits per heavy atom. The monoisotopic (exact) mass is 166 g/mol. The molecule has 0 aliphatic carbocycles. The number of rotatable bonds is 2. The summed E-state index contributed by atoms with van der Waals surface area (Å²) in [7, 11) is 0. The van der Waals surface area contributed by atoms with Gasteiger partial charge in [0.1, 0.15) is 0 Å². The van der Waals surface area contributed by atoms with Gasteiger partial charge in [-0.05, 0) is 36.1 Å².